The van der Waals surface area contributed by atoms with Gasteiger partial charge in [-0.15, -0.1) is 0 Å². The molecule has 1 aliphatic heterocycles. The predicted octanol–water partition coefficient (Wildman–Crippen LogP) is 2.86. The summed E-state index contributed by atoms with van der Waals surface area (Å²) in [6, 6.07) is -0.363. The molecule has 1 aromatic heterocycles. The van der Waals surface area contributed by atoms with Crippen LogP contribution in [-0.2, 0) is 0 Å². The third kappa shape index (κ3) is 5.60. The molecule has 1 aromatic rings. The monoisotopic (exact) mass is 436 g/mol. The Kier molecular flexibility index (Phi) is 7.18. The van der Waals surface area contributed by atoms with Gasteiger partial charge in [0.25, 0.3) is 5.91 Å². The number of halogens is 2. The maximum Gasteiger partial charge on any atom is 0.407 e. The van der Waals surface area contributed by atoms with Crippen molar-refractivity contribution >= 4 is 47.0 Å². The molecule has 1 saturated heterocycles. The van der Waals surface area contributed by atoms with Gasteiger partial charge in [0.1, 0.15) is 15.9 Å². The molecule has 27 heavy (non-hydrogen) atoms. The van der Waals surface area contributed by atoms with E-state index in [0.717, 1.165) is 0 Å². The number of thioether (sulfide) groups is 1. The maximum atomic E-state index is 13.1. The summed E-state index contributed by atoms with van der Waals surface area (Å²) in [6.07, 6.45) is 2.07. The molecule has 2 heterocycles. The lowest BCUT2D eigenvalue weighted by Crippen LogP contribution is -2.49. The van der Waals surface area contributed by atoms with E-state index in [0.29, 0.717) is 24.5 Å². The molecule has 2 N–H and O–H groups in total. The summed E-state index contributed by atoms with van der Waals surface area (Å²) < 4.78 is 0. The summed E-state index contributed by atoms with van der Waals surface area (Å²) in [5.41, 5.74) is -1.25. The summed E-state index contributed by atoms with van der Waals surface area (Å²) in [6.45, 7) is 3.64. The molecule has 0 aliphatic carbocycles. The van der Waals surface area contributed by atoms with Crippen LogP contribution in [0, 0.1) is 0 Å². The summed E-state index contributed by atoms with van der Waals surface area (Å²) in [5.74, 6) is -0.544. The van der Waals surface area contributed by atoms with Crippen molar-refractivity contribution in [3.63, 3.8) is 0 Å². The molecule has 2 rings (SSSR count). The van der Waals surface area contributed by atoms with Crippen molar-refractivity contribution < 1.29 is 19.8 Å². The zero-order chi connectivity index (χ0) is 20.4. The van der Waals surface area contributed by atoms with E-state index in [1.165, 1.54) is 21.6 Å². The fourth-order valence-corrected chi connectivity index (χ4v) is 4.05. The maximum absolute atomic E-state index is 13.1. The number of aromatic nitrogens is 2. The van der Waals surface area contributed by atoms with Crippen LogP contribution in [0.15, 0.2) is 5.16 Å². The zero-order valence-corrected chi connectivity index (χ0v) is 17.6. The first kappa shape index (κ1) is 22.0. The average molecular weight is 437 g/mol. The molecule has 0 radical (unpaired) electrons. The molecule has 150 valence electrons. The number of carbonyl (C=O) groups excluding carboxylic acids is 1. The second-order valence-corrected chi connectivity index (χ2v) is 8.43. The van der Waals surface area contributed by atoms with Crippen molar-refractivity contribution in [1.82, 2.24) is 19.8 Å². The van der Waals surface area contributed by atoms with Gasteiger partial charge in [0.05, 0.1) is 11.6 Å². The average Bonchev–Trinajstić information content (AvgIpc) is 3.00. The number of rotatable bonds is 6. The molecular weight excluding hydrogens is 415 g/mol. The lowest BCUT2D eigenvalue weighted by atomic mass is 10.1. The summed E-state index contributed by atoms with van der Waals surface area (Å²) in [4.78, 5) is 35.3. The molecule has 1 fully saturated rings. The zero-order valence-electron chi connectivity index (χ0n) is 15.3. The van der Waals surface area contributed by atoms with E-state index in [9.17, 15) is 19.8 Å². The largest absolute Gasteiger partial charge is 0.465 e. The minimum atomic E-state index is -1.19. The van der Waals surface area contributed by atoms with Crippen molar-refractivity contribution in [1.29, 1.82) is 0 Å². The van der Waals surface area contributed by atoms with Gasteiger partial charge in [-0.1, -0.05) is 35.0 Å². The van der Waals surface area contributed by atoms with Crippen molar-refractivity contribution in [3.8, 4) is 0 Å². The van der Waals surface area contributed by atoms with Gasteiger partial charge in [0.2, 0.25) is 0 Å². The predicted molar refractivity (Wildman–Crippen MR) is 104 cm³/mol. The molecule has 2 amide bonds. The van der Waals surface area contributed by atoms with Crippen molar-refractivity contribution in [2.75, 3.05) is 25.9 Å². The highest BCUT2D eigenvalue weighted by Gasteiger charge is 2.34. The van der Waals surface area contributed by atoms with Gasteiger partial charge in [-0.25, -0.2) is 14.8 Å². The Morgan fingerprint density at radius 3 is 2.41 bits per heavy atom. The van der Waals surface area contributed by atoms with Crippen molar-refractivity contribution in [2.45, 2.75) is 43.5 Å². The number of likely N-dealkylation sites (tertiary alicyclic amines) is 1. The number of amides is 2. The quantitative estimate of drug-likeness (QED) is 0.400. The second kappa shape index (κ2) is 8.81. The van der Waals surface area contributed by atoms with E-state index in [4.69, 9.17) is 23.2 Å². The lowest BCUT2D eigenvalue weighted by Gasteiger charge is -2.33. The van der Waals surface area contributed by atoms with Crippen LogP contribution in [0.2, 0.25) is 10.3 Å². The van der Waals surface area contributed by atoms with Gasteiger partial charge < -0.3 is 20.0 Å². The van der Waals surface area contributed by atoms with E-state index in [1.807, 2.05) is 0 Å². The van der Waals surface area contributed by atoms with E-state index in [1.54, 1.807) is 20.1 Å². The molecule has 1 aliphatic rings. The van der Waals surface area contributed by atoms with Gasteiger partial charge in [-0.05, 0) is 32.9 Å². The Morgan fingerprint density at radius 2 is 1.93 bits per heavy atom. The topological polar surface area (TPSA) is 107 Å². The van der Waals surface area contributed by atoms with Gasteiger partial charge >= 0.3 is 6.09 Å². The van der Waals surface area contributed by atoms with Gasteiger partial charge in [0, 0.05) is 19.6 Å². The van der Waals surface area contributed by atoms with Gasteiger partial charge in [0.15, 0.2) is 5.16 Å². The molecule has 0 spiro atoms. The fourth-order valence-electron chi connectivity index (χ4n) is 3.03. The Labute approximate surface area is 171 Å². The fraction of sp³-hybridized carbons (Fsp3) is 0.625. The van der Waals surface area contributed by atoms with Crippen LogP contribution in [0.3, 0.4) is 0 Å². The highest BCUT2D eigenvalue weighted by molar-refractivity contribution is 7.98. The first-order valence-electron chi connectivity index (χ1n) is 8.31. The van der Waals surface area contributed by atoms with Crippen LogP contribution >= 0.6 is 35.0 Å². The standard InChI is InChI=1S/C16H22Cl2N4O4S/c1-16(2,26)8-21(7-9-5-4-6-22(9)15(24)25)13(23)10-11(17)19-14(27-3)20-12(10)18/h9,26H,4-8H2,1-3H3,(H,24,25)/t9-/m0/s1. The molecule has 11 heteroatoms. The van der Waals surface area contributed by atoms with Crippen LogP contribution in [0.4, 0.5) is 4.79 Å². The number of nitrogens with zero attached hydrogens (tertiary/aromatic N) is 4. The number of hydrogen-bond acceptors (Lipinski definition) is 6. The smallest absolute Gasteiger partial charge is 0.407 e. The van der Waals surface area contributed by atoms with E-state index >= 15 is 0 Å². The summed E-state index contributed by atoms with van der Waals surface area (Å²) in [7, 11) is 0. The van der Waals surface area contributed by atoms with E-state index in [2.05, 4.69) is 9.97 Å². The first-order chi connectivity index (χ1) is 12.5. The highest BCUT2D eigenvalue weighted by atomic mass is 35.5. The molecular formula is C16H22Cl2N4O4S. The number of carboxylic acid groups (broad SMARTS) is 1. The molecule has 8 nitrogen and oxygen atoms in total. The number of carbonyl (C=O) groups is 2. The molecule has 0 unspecified atom stereocenters. The number of hydrogen-bond donors (Lipinski definition) is 2. The minimum absolute atomic E-state index is 0.0211. The van der Waals surface area contributed by atoms with Crippen LogP contribution in [0.25, 0.3) is 0 Å². The van der Waals surface area contributed by atoms with Crippen molar-refractivity contribution in [2.24, 2.45) is 0 Å². The Bertz CT molecular complexity index is 706. The van der Waals surface area contributed by atoms with Crippen LogP contribution in [0.5, 0.6) is 0 Å². The molecule has 0 aromatic carbocycles. The van der Waals surface area contributed by atoms with Crippen molar-refractivity contribution in [3.05, 3.63) is 15.9 Å². The molecule has 0 saturated carbocycles. The third-order valence-corrected chi connectivity index (χ3v) is 5.21. The Balaban J connectivity index is 2.34. The SMILES string of the molecule is CSc1nc(Cl)c(C(=O)N(C[C@@H]2CCCN2C(=O)O)CC(C)(C)O)c(Cl)n1. The second-order valence-electron chi connectivity index (χ2n) is 6.94. The Hall–Kier alpha value is -1.29. The van der Waals surface area contributed by atoms with Crippen LogP contribution < -0.4 is 0 Å². The van der Waals surface area contributed by atoms with Gasteiger partial charge in [-0.2, -0.15) is 0 Å². The van der Waals surface area contributed by atoms with Crippen LogP contribution in [0.1, 0.15) is 37.0 Å². The highest BCUT2D eigenvalue weighted by Crippen LogP contribution is 2.27. The lowest BCUT2D eigenvalue weighted by molar-refractivity contribution is 0.0243. The summed E-state index contributed by atoms with van der Waals surface area (Å²) >= 11 is 13.5. The first-order valence-corrected chi connectivity index (χ1v) is 10.3. The molecule has 0 bridgehead atoms. The number of aliphatic hydroxyl groups is 1. The van der Waals surface area contributed by atoms with E-state index < -0.39 is 17.6 Å². The van der Waals surface area contributed by atoms with E-state index in [-0.39, 0.29) is 35.0 Å². The van der Waals surface area contributed by atoms with Gasteiger partial charge in [-0.3, -0.25) is 4.79 Å². The Morgan fingerprint density at radius 1 is 1.33 bits per heavy atom. The normalized spacial score (nSPS) is 17.3. The molecule has 1 atom stereocenters. The third-order valence-electron chi connectivity index (χ3n) is 4.12. The van der Waals surface area contributed by atoms with Crippen LogP contribution in [-0.4, -0.2) is 79.5 Å². The minimum Gasteiger partial charge on any atom is -0.465 e. The summed E-state index contributed by atoms with van der Waals surface area (Å²) in [5, 5.41) is 19.8.